The van der Waals surface area contributed by atoms with Crippen molar-refractivity contribution in [2.45, 2.75) is 33.2 Å². The highest BCUT2D eigenvalue weighted by Gasteiger charge is 2.28. The number of hydrogen-bond acceptors (Lipinski definition) is 1. The molecule has 3 heteroatoms. The Balaban J connectivity index is 2.67. The predicted molar refractivity (Wildman–Crippen MR) is 71.5 cm³/mol. The number of aryl methyl sites for hydroxylation is 1. The molecule has 1 N–H and O–H groups in total. The van der Waals surface area contributed by atoms with Crippen LogP contribution in [-0.2, 0) is 6.54 Å². The maximum Gasteiger partial charge on any atom is 0.272 e. The first-order chi connectivity index (χ1) is 8.34. The highest BCUT2D eigenvalue weighted by atomic mass is 19.3. The van der Waals surface area contributed by atoms with Gasteiger partial charge < -0.3 is 5.32 Å². The van der Waals surface area contributed by atoms with Crippen molar-refractivity contribution >= 4 is 0 Å². The van der Waals surface area contributed by atoms with Crippen LogP contribution in [-0.4, -0.2) is 5.92 Å². The Labute approximate surface area is 107 Å². The summed E-state index contributed by atoms with van der Waals surface area (Å²) in [6, 6.07) is 7.91. The van der Waals surface area contributed by atoms with E-state index in [-0.39, 0.29) is 11.3 Å². The molecule has 1 aromatic carbocycles. The molecule has 18 heavy (non-hydrogen) atoms. The molecule has 1 rings (SSSR count). The number of alkyl halides is 2. The van der Waals surface area contributed by atoms with Crippen LogP contribution in [0.25, 0.3) is 0 Å². The van der Waals surface area contributed by atoms with E-state index in [9.17, 15) is 8.78 Å². The first kappa shape index (κ1) is 14.4. The van der Waals surface area contributed by atoms with Crippen molar-refractivity contribution in [3.8, 4) is 0 Å². The van der Waals surface area contributed by atoms with E-state index in [4.69, 9.17) is 0 Å². The fraction of sp³-hybridized carbons (Fsp3) is 0.333. The number of hydrogen-bond donors (Lipinski definition) is 1. The van der Waals surface area contributed by atoms with E-state index in [0.29, 0.717) is 6.54 Å². The van der Waals surface area contributed by atoms with Gasteiger partial charge in [0.15, 0.2) is 0 Å². The first-order valence-corrected chi connectivity index (χ1v) is 5.88. The summed E-state index contributed by atoms with van der Waals surface area (Å²) in [6.07, 6.45) is 1.39. The third-order valence-corrected chi connectivity index (χ3v) is 2.68. The van der Waals surface area contributed by atoms with Gasteiger partial charge in [-0.2, -0.15) is 0 Å². The molecule has 0 saturated carbocycles. The van der Waals surface area contributed by atoms with Crippen LogP contribution in [0.2, 0.25) is 0 Å². The molecule has 1 aromatic rings. The second-order valence-electron chi connectivity index (χ2n) is 4.41. The van der Waals surface area contributed by atoms with Crippen LogP contribution in [0.5, 0.6) is 0 Å². The minimum Gasteiger partial charge on any atom is -0.381 e. The SMILES string of the molecule is C=C(NCc1cccc(C)c1)/C(=C\C)C(C)(F)F. The van der Waals surface area contributed by atoms with Crippen LogP contribution in [0.4, 0.5) is 8.78 Å². The highest BCUT2D eigenvalue weighted by Crippen LogP contribution is 2.27. The van der Waals surface area contributed by atoms with E-state index in [0.717, 1.165) is 18.1 Å². The van der Waals surface area contributed by atoms with Gasteiger partial charge in [0.25, 0.3) is 5.92 Å². The van der Waals surface area contributed by atoms with Gasteiger partial charge in [0, 0.05) is 24.7 Å². The second-order valence-corrected chi connectivity index (χ2v) is 4.41. The standard InChI is InChI=1S/C15H19F2N/c1-5-14(15(4,16)17)12(3)18-10-13-8-6-7-11(2)9-13/h5-9,18H,3,10H2,1-2,4H3/b14-5+. The summed E-state index contributed by atoms with van der Waals surface area (Å²) < 4.78 is 26.5. The molecular formula is C15H19F2N. The van der Waals surface area contributed by atoms with Gasteiger partial charge in [-0.3, -0.25) is 0 Å². The molecule has 0 radical (unpaired) electrons. The normalized spacial score (nSPS) is 12.4. The van der Waals surface area contributed by atoms with E-state index >= 15 is 0 Å². The summed E-state index contributed by atoms with van der Waals surface area (Å²) in [5.41, 5.74) is 2.40. The van der Waals surface area contributed by atoms with Crippen molar-refractivity contribution in [1.82, 2.24) is 5.32 Å². The highest BCUT2D eigenvalue weighted by molar-refractivity contribution is 5.32. The van der Waals surface area contributed by atoms with Crippen LogP contribution in [0.15, 0.2) is 48.2 Å². The maximum atomic E-state index is 13.3. The number of allylic oxidation sites excluding steroid dienone is 2. The van der Waals surface area contributed by atoms with Crippen molar-refractivity contribution in [2.24, 2.45) is 0 Å². The molecule has 1 nitrogen and oxygen atoms in total. The third-order valence-electron chi connectivity index (χ3n) is 2.68. The van der Waals surface area contributed by atoms with Crippen molar-refractivity contribution in [1.29, 1.82) is 0 Å². The molecule has 0 saturated heterocycles. The summed E-state index contributed by atoms with van der Waals surface area (Å²) >= 11 is 0. The summed E-state index contributed by atoms with van der Waals surface area (Å²) in [5, 5.41) is 2.94. The zero-order valence-corrected chi connectivity index (χ0v) is 11.1. The summed E-state index contributed by atoms with van der Waals surface area (Å²) in [6.45, 7) is 8.63. The van der Waals surface area contributed by atoms with Gasteiger partial charge in [-0.05, 0) is 19.4 Å². The van der Waals surface area contributed by atoms with Crippen molar-refractivity contribution in [2.75, 3.05) is 0 Å². The van der Waals surface area contributed by atoms with E-state index < -0.39 is 5.92 Å². The lowest BCUT2D eigenvalue weighted by molar-refractivity contribution is 0.0649. The lowest BCUT2D eigenvalue weighted by atomic mass is 10.1. The molecule has 0 aliphatic carbocycles. The zero-order valence-electron chi connectivity index (χ0n) is 11.1. The molecule has 0 spiro atoms. The zero-order chi connectivity index (χ0) is 13.8. The van der Waals surface area contributed by atoms with Gasteiger partial charge >= 0.3 is 0 Å². The third kappa shape index (κ3) is 3.99. The van der Waals surface area contributed by atoms with Gasteiger partial charge in [-0.15, -0.1) is 0 Å². The van der Waals surface area contributed by atoms with E-state index in [1.165, 1.54) is 6.08 Å². The molecule has 0 atom stereocenters. The first-order valence-electron chi connectivity index (χ1n) is 5.88. The minimum atomic E-state index is -2.87. The molecule has 0 unspecified atom stereocenters. The van der Waals surface area contributed by atoms with Crippen LogP contribution >= 0.6 is 0 Å². The Morgan fingerprint density at radius 2 is 2.11 bits per heavy atom. The molecule has 0 amide bonds. The molecule has 0 bridgehead atoms. The van der Waals surface area contributed by atoms with Gasteiger partial charge in [-0.25, -0.2) is 8.78 Å². The molecule has 0 aliphatic rings. The van der Waals surface area contributed by atoms with Crippen LogP contribution in [0, 0.1) is 6.92 Å². The average molecular weight is 251 g/mol. The van der Waals surface area contributed by atoms with Crippen molar-refractivity contribution in [3.63, 3.8) is 0 Å². The number of rotatable bonds is 5. The van der Waals surface area contributed by atoms with Gasteiger partial charge in [-0.1, -0.05) is 42.5 Å². The molecule has 98 valence electrons. The van der Waals surface area contributed by atoms with Crippen molar-refractivity contribution < 1.29 is 8.78 Å². The molecule has 0 fully saturated rings. The van der Waals surface area contributed by atoms with Gasteiger partial charge in [0.2, 0.25) is 0 Å². The fourth-order valence-corrected chi connectivity index (χ4v) is 1.82. The van der Waals surface area contributed by atoms with E-state index in [2.05, 4.69) is 11.9 Å². The van der Waals surface area contributed by atoms with Gasteiger partial charge in [0.1, 0.15) is 0 Å². The number of halogens is 2. The Bertz CT molecular complexity index is 456. The maximum absolute atomic E-state index is 13.3. The summed E-state index contributed by atoms with van der Waals surface area (Å²) in [5.74, 6) is -2.87. The monoisotopic (exact) mass is 251 g/mol. The predicted octanol–water partition coefficient (Wildman–Crippen LogP) is 4.20. The van der Waals surface area contributed by atoms with E-state index in [1.807, 2.05) is 31.2 Å². The number of benzene rings is 1. The Morgan fingerprint density at radius 1 is 1.44 bits per heavy atom. The quantitative estimate of drug-likeness (QED) is 0.773. The summed E-state index contributed by atoms with van der Waals surface area (Å²) in [4.78, 5) is 0. The van der Waals surface area contributed by atoms with Gasteiger partial charge in [0.05, 0.1) is 0 Å². The molecule has 0 heterocycles. The molecule has 0 aromatic heterocycles. The Hall–Kier alpha value is -1.64. The largest absolute Gasteiger partial charge is 0.381 e. The Kier molecular flexibility index (Phi) is 4.65. The lowest BCUT2D eigenvalue weighted by Crippen LogP contribution is -2.23. The topological polar surface area (TPSA) is 12.0 Å². The average Bonchev–Trinajstić information content (AvgIpc) is 2.25. The smallest absolute Gasteiger partial charge is 0.272 e. The Morgan fingerprint density at radius 3 is 2.61 bits per heavy atom. The van der Waals surface area contributed by atoms with Crippen molar-refractivity contribution in [3.05, 3.63) is 59.3 Å². The lowest BCUT2D eigenvalue weighted by Gasteiger charge is -2.18. The molecular weight excluding hydrogens is 232 g/mol. The summed E-state index contributed by atoms with van der Waals surface area (Å²) in [7, 11) is 0. The number of nitrogens with one attached hydrogen (secondary N) is 1. The van der Waals surface area contributed by atoms with Crippen LogP contribution < -0.4 is 5.32 Å². The van der Waals surface area contributed by atoms with E-state index in [1.54, 1.807) is 6.92 Å². The fourth-order valence-electron chi connectivity index (χ4n) is 1.82. The van der Waals surface area contributed by atoms with Crippen LogP contribution in [0.3, 0.4) is 0 Å². The molecule has 0 aliphatic heterocycles. The minimum absolute atomic E-state index is 0.0600. The van der Waals surface area contributed by atoms with Crippen LogP contribution in [0.1, 0.15) is 25.0 Å². The second kappa shape index (κ2) is 5.80.